The molecule has 0 spiro atoms. The predicted octanol–water partition coefficient (Wildman–Crippen LogP) is 7.85. The number of benzene rings is 2. The summed E-state index contributed by atoms with van der Waals surface area (Å²) >= 11 is 0. The second kappa shape index (κ2) is 9.19. The number of alkyl halides is 3. The fourth-order valence-electron chi connectivity index (χ4n) is 6.91. The van der Waals surface area contributed by atoms with Crippen LogP contribution in [0.5, 0.6) is 5.75 Å². The first kappa shape index (κ1) is 26.4. The van der Waals surface area contributed by atoms with E-state index in [0.717, 1.165) is 12.0 Å². The number of aliphatic imine (C=N–C) groups is 1. The third-order valence-corrected chi connectivity index (χ3v) is 9.25. The van der Waals surface area contributed by atoms with E-state index in [2.05, 4.69) is 30.8 Å². The average Bonchev–Trinajstić information content (AvgIpc) is 3.47. The molecule has 0 radical (unpaired) electrons. The highest BCUT2D eigenvalue weighted by Crippen LogP contribution is 2.66. The van der Waals surface area contributed by atoms with Crippen molar-refractivity contribution >= 4 is 36.9 Å². The molecule has 5 nitrogen and oxygen atoms in total. The van der Waals surface area contributed by atoms with Crippen LogP contribution in [0.3, 0.4) is 0 Å². The standard InChI is InChI=1S/C27H30ClF3N2O3S/c1-15-10-16(14-26(2,3)13-15)24-21-12-23(32-17-4-6-18(7-5-17)36-27(29,30)31)33-22-11-19(37(28,34)35)8-9-20(22)25(21)24/h4-9,11,15-16,21,24-25H,10,12-14H2,1-3H3,(H,32,33). The summed E-state index contributed by atoms with van der Waals surface area (Å²) in [6, 6.07) is 10.4. The van der Waals surface area contributed by atoms with Gasteiger partial charge >= 0.3 is 6.36 Å². The minimum absolute atomic E-state index is 0.00672. The maximum absolute atomic E-state index is 12.5. The maximum atomic E-state index is 12.5. The molecule has 37 heavy (non-hydrogen) atoms. The first-order valence-corrected chi connectivity index (χ1v) is 14.8. The smallest absolute Gasteiger partial charge is 0.406 e. The Morgan fingerprint density at radius 2 is 1.81 bits per heavy atom. The lowest BCUT2D eigenvalue weighted by molar-refractivity contribution is -0.274. The topological polar surface area (TPSA) is 67.8 Å². The fraction of sp³-hybridized carbons (Fsp3) is 0.519. The quantitative estimate of drug-likeness (QED) is 0.391. The summed E-state index contributed by atoms with van der Waals surface area (Å²) in [6.07, 6.45) is -0.559. The van der Waals surface area contributed by atoms with Gasteiger partial charge in [-0.25, -0.2) is 13.4 Å². The fourth-order valence-corrected chi connectivity index (χ4v) is 7.68. The van der Waals surface area contributed by atoms with Crippen LogP contribution in [0, 0.1) is 29.1 Å². The van der Waals surface area contributed by atoms with Crippen LogP contribution in [0.4, 0.5) is 24.5 Å². The third-order valence-electron chi connectivity index (χ3n) is 7.90. The normalized spacial score (nSPS) is 28.8. The molecule has 0 amide bonds. The molecule has 5 unspecified atom stereocenters. The van der Waals surface area contributed by atoms with Gasteiger partial charge in [0.25, 0.3) is 9.05 Å². The van der Waals surface area contributed by atoms with Crippen molar-refractivity contribution in [3.05, 3.63) is 48.0 Å². The number of hydrogen-bond donors (Lipinski definition) is 1. The van der Waals surface area contributed by atoms with Gasteiger partial charge in [0, 0.05) is 22.8 Å². The number of anilines is 1. The van der Waals surface area contributed by atoms with E-state index in [9.17, 15) is 21.6 Å². The highest BCUT2D eigenvalue weighted by Gasteiger charge is 2.57. The number of nitrogens with zero attached hydrogens (tertiary/aromatic N) is 1. The van der Waals surface area contributed by atoms with Gasteiger partial charge in [-0.05, 0) is 96.2 Å². The highest BCUT2D eigenvalue weighted by atomic mass is 35.7. The summed E-state index contributed by atoms with van der Waals surface area (Å²) in [7, 11) is 1.70. The van der Waals surface area contributed by atoms with Crippen LogP contribution < -0.4 is 10.1 Å². The van der Waals surface area contributed by atoms with E-state index < -0.39 is 15.4 Å². The molecule has 200 valence electrons. The first-order chi connectivity index (χ1) is 17.2. The minimum Gasteiger partial charge on any atom is -0.406 e. The molecule has 0 saturated heterocycles. The molecule has 2 saturated carbocycles. The van der Waals surface area contributed by atoms with E-state index in [1.54, 1.807) is 6.07 Å². The van der Waals surface area contributed by atoms with Crippen molar-refractivity contribution in [2.75, 3.05) is 5.32 Å². The van der Waals surface area contributed by atoms with E-state index in [4.69, 9.17) is 15.7 Å². The molecule has 2 aromatic carbocycles. The van der Waals surface area contributed by atoms with E-state index in [0.29, 0.717) is 47.3 Å². The van der Waals surface area contributed by atoms with Crippen LogP contribution >= 0.6 is 10.7 Å². The second-order valence-electron chi connectivity index (χ2n) is 11.6. The van der Waals surface area contributed by atoms with Gasteiger partial charge in [-0.1, -0.05) is 26.8 Å². The molecule has 10 heteroatoms. The predicted molar refractivity (Wildman–Crippen MR) is 138 cm³/mol. The van der Waals surface area contributed by atoms with Gasteiger partial charge in [-0.15, -0.1) is 13.2 Å². The summed E-state index contributed by atoms with van der Waals surface area (Å²) < 4.78 is 65.6. The molecule has 2 aliphatic carbocycles. The molecule has 1 N–H and O–H groups in total. The molecule has 2 fully saturated rings. The van der Waals surface area contributed by atoms with Crippen molar-refractivity contribution < 1.29 is 26.3 Å². The Balaban J connectivity index is 1.45. The molecular weight excluding hydrogens is 525 g/mol. The summed E-state index contributed by atoms with van der Waals surface area (Å²) in [4.78, 5) is 4.76. The highest BCUT2D eigenvalue weighted by molar-refractivity contribution is 8.13. The largest absolute Gasteiger partial charge is 0.573 e. The summed E-state index contributed by atoms with van der Waals surface area (Å²) in [6.45, 7) is 6.98. The average molecular weight is 555 g/mol. The summed E-state index contributed by atoms with van der Waals surface area (Å²) in [5, 5.41) is 3.25. The van der Waals surface area contributed by atoms with Crippen molar-refractivity contribution in [1.82, 2.24) is 0 Å². The molecule has 0 aromatic heterocycles. The lowest BCUT2D eigenvalue weighted by atomic mass is 9.66. The molecule has 5 rings (SSSR count). The van der Waals surface area contributed by atoms with Crippen molar-refractivity contribution in [3.8, 4) is 5.75 Å². The van der Waals surface area contributed by atoms with Crippen LogP contribution in [0.25, 0.3) is 0 Å². The van der Waals surface area contributed by atoms with Crippen LogP contribution in [0.15, 0.2) is 52.4 Å². The van der Waals surface area contributed by atoms with Gasteiger partial charge in [0.2, 0.25) is 0 Å². The Hall–Kier alpha value is -2.26. The van der Waals surface area contributed by atoms with Crippen LogP contribution in [0.1, 0.15) is 57.9 Å². The molecule has 0 bridgehead atoms. The number of rotatable bonds is 4. The Labute approximate surface area is 219 Å². The van der Waals surface area contributed by atoms with Crippen molar-refractivity contribution in [2.45, 2.75) is 63.6 Å². The first-order valence-electron chi connectivity index (χ1n) is 12.5. The van der Waals surface area contributed by atoms with E-state index in [1.165, 1.54) is 43.2 Å². The van der Waals surface area contributed by atoms with Gasteiger partial charge in [0.15, 0.2) is 0 Å². The monoisotopic (exact) mass is 554 g/mol. The zero-order chi connectivity index (χ0) is 26.8. The maximum Gasteiger partial charge on any atom is 0.573 e. The SMILES string of the molecule is CC1CC(C2C3CC(Nc4ccc(OC(F)(F)F)cc4)=Nc4cc(S(=O)(=O)Cl)ccc4C32)CC(C)(C)C1. The second-order valence-corrected chi connectivity index (χ2v) is 14.1. The van der Waals surface area contributed by atoms with Gasteiger partial charge < -0.3 is 10.1 Å². The number of hydrogen-bond acceptors (Lipinski definition) is 5. The van der Waals surface area contributed by atoms with Crippen LogP contribution in [0.2, 0.25) is 0 Å². The molecule has 3 aliphatic rings. The van der Waals surface area contributed by atoms with Gasteiger partial charge in [-0.3, -0.25) is 0 Å². The Kier molecular flexibility index (Phi) is 6.54. The number of amidine groups is 1. The van der Waals surface area contributed by atoms with E-state index in [-0.39, 0.29) is 22.0 Å². The lowest BCUT2D eigenvalue weighted by Gasteiger charge is -2.39. The van der Waals surface area contributed by atoms with E-state index in [1.807, 2.05) is 6.07 Å². The van der Waals surface area contributed by atoms with Gasteiger partial charge in [0.05, 0.1) is 10.6 Å². The van der Waals surface area contributed by atoms with E-state index >= 15 is 0 Å². The number of ether oxygens (including phenoxy) is 1. The molecular formula is C27H30ClF3N2O3S. The zero-order valence-electron chi connectivity index (χ0n) is 20.8. The molecule has 5 atom stereocenters. The minimum atomic E-state index is -4.76. The summed E-state index contributed by atoms with van der Waals surface area (Å²) in [5.41, 5.74) is 2.44. The van der Waals surface area contributed by atoms with Crippen molar-refractivity contribution in [1.29, 1.82) is 0 Å². The molecule has 1 heterocycles. The van der Waals surface area contributed by atoms with Crippen molar-refractivity contribution in [2.24, 2.45) is 34.1 Å². The van der Waals surface area contributed by atoms with Crippen LogP contribution in [-0.2, 0) is 9.05 Å². The Morgan fingerprint density at radius 3 is 2.43 bits per heavy atom. The molecule has 1 aliphatic heterocycles. The third kappa shape index (κ3) is 5.93. The Bertz CT molecular complexity index is 1330. The molecule has 2 aromatic rings. The van der Waals surface area contributed by atoms with Crippen LogP contribution in [-0.4, -0.2) is 20.6 Å². The number of fused-ring (bicyclic) bond motifs is 3. The number of nitrogens with one attached hydrogen (secondary N) is 1. The lowest BCUT2D eigenvalue weighted by Crippen LogP contribution is -2.29. The van der Waals surface area contributed by atoms with Crippen molar-refractivity contribution in [3.63, 3.8) is 0 Å². The van der Waals surface area contributed by atoms with Gasteiger partial charge in [-0.2, -0.15) is 0 Å². The summed E-state index contributed by atoms with van der Waals surface area (Å²) in [5.74, 6) is 2.65. The number of halogens is 4. The Morgan fingerprint density at radius 1 is 1.11 bits per heavy atom. The zero-order valence-corrected chi connectivity index (χ0v) is 22.4. The van der Waals surface area contributed by atoms with Gasteiger partial charge in [0.1, 0.15) is 11.6 Å².